The summed E-state index contributed by atoms with van der Waals surface area (Å²) in [5.41, 5.74) is 0.933. The van der Waals surface area contributed by atoms with Gasteiger partial charge in [-0.1, -0.05) is 12.1 Å². The van der Waals surface area contributed by atoms with Gasteiger partial charge in [-0.2, -0.15) is 0 Å². The highest BCUT2D eigenvalue weighted by Crippen LogP contribution is 2.28. The van der Waals surface area contributed by atoms with E-state index in [1.54, 1.807) is 48.5 Å². The van der Waals surface area contributed by atoms with E-state index in [9.17, 15) is 18.8 Å². The monoisotopic (exact) mass is 478 g/mol. The van der Waals surface area contributed by atoms with Gasteiger partial charge in [-0.25, -0.2) is 4.39 Å². The first-order chi connectivity index (χ1) is 16.9. The van der Waals surface area contributed by atoms with Crippen molar-refractivity contribution in [2.24, 2.45) is 5.92 Å². The van der Waals surface area contributed by atoms with Crippen LogP contribution < -0.4 is 15.4 Å². The van der Waals surface area contributed by atoms with E-state index in [0.29, 0.717) is 42.6 Å². The number of carbonyl (C=O) groups excluding carboxylic acids is 2. The molecule has 0 aromatic heterocycles. The highest BCUT2D eigenvalue weighted by molar-refractivity contribution is 5.98. The largest absolute Gasteiger partial charge is 0.490 e. The second-order valence-corrected chi connectivity index (χ2v) is 8.67. The topological polar surface area (TPSA) is 105 Å². The van der Waals surface area contributed by atoms with Crippen molar-refractivity contribution in [2.45, 2.75) is 31.8 Å². The summed E-state index contributed by atoms with van der Waals surface area (Å²) in [5, 5.41) is 16.1. The van der Waals surface area contributed by atoms with Crippen LogP contribution in [0.1, 0.15) is 46.4 Å². The molecular formula is C27H27FN2O5. The Balaban J connectivity index is 1.20. The smallest absolute Gasteiger partial charge is 0.306 e. The normalized spacial score (nSPS) is 17.5. The molecule has 0 spiro atoms. The van der Waals surface area contributed by atoms with Crippen molar-refractivity contribution in [3.05, 3.63) is 77.6 Å². The fourth-order valence-electron chi connectivity index (χ4n) is 4.22. The summed E-state index contributed by atoms with van der Waals surface area (Å²) in [6.07, 6.45) is 2.60. The minimum absolute atomic E-state index is 0.0161. The Kier molecular flexibility index (Phi) is 7.60. The molecule has 1 aliphatic carbocycles. The fourth-order valence-corrected chi connectivity index (χ4v) is 4.22. The van der Waals surface area contributed by atoms with Gasteiger partial charge in [0, 0.05) is 24.2 Å². The SMILES string of the molecule is O=C(NCCNC(=O)c1ccc2cc(F)ccc2c1)c1ccc(O[C@H]2CC[C@@H](C(=O)O)CC2)cc1. The molecule has 8 heteroatoms. The van der Waals surface area contributed by atoms with E-state index >= 15 is 0 Å². The summed E-state index contributed by atoms with van der Waals surface area (Å²) < 4.78 is 19.2. The van der Waals surface area contributed by atoms with Gasteiger partial charge in [0.1, 0.15) is 11.6 Å². The maximum atomic E-state index is 13.3. The summed E-state index contributed by atoms with van der Waals surface area (Å²) in [4.78, 5) is 35.8. The van der Waals surface area contributed by atoms with E-state index in [1.165, 1.54) is 12.1 Å². The number of ether oxygens (including phenoxy) is 1. The van der Waals surface area contributed by atoms with E-state index in [-0.39, 0.29) is 42.7 Å². The lowest BCUT2D eigenvalue weighted by Gasteiger charge is -2.26. The lowest BCUT2D eigenvalue weighted by Crippen LogP contribution is -2.34. The molecule has 1 aliphatic rings. The predicted octanol–water partition coefficient (Wildman–Crippen LogP) is 4.16. The van der Waals surface area contributed by atoms with E-state index in [4.69, 9.17) is 9.84 Å². The molecule has 0 aliphatic heterocycles. The summed E-state index contributed by atoms with van der Waals surface area (Å²) >= 11 is 0. The molecule has 0 unspecified atom stereocenters. The number of rotatable bonds is 8. The van der Waals surface area contributed by atoms with Crippen LogP contribution in [0.3, 0.4) is 0 Å². The molecule has 1 fully saturated rings. The predicted molar refractivity (Wildman–Crippen MR) is 129 cm³/mol. The molecule has 3 N–H and O–H groups in total. The van der Waals surface area contributed by atoms with Crippen molar-refractivity contribution >= 4 is 28.6 Å². The van der Waals surface area contributed by atoms with Gasteiger partial charge in [-0.05, 0) is 85.0 Å². The Bertz CT molecular complexity index is 1220. The van der Waals surface area contributed by atoms with Crippen molar-refractivity contribution in [1.82, 2.24) is 10.6 Å². The van der Waals surface area contributed by atoms with Crippen LogP contribution in [0, 0.1) is 11.7 Å². The number of amides is 2. The van der Waals surface area contributed by atoms with Crippen LogP contribution in [-0.4, -0.2) is 42.1 Å². The minimum Gasteiger partial charge on any atom is -0.490 e. The highest BCUT2D eigenvalue weighted by atomic mass is 19.1. The van der Waals surface area contributed by atoms with Gasteiger partial charge >= 0.3 is 5.97 Å². The fraction of sp³-hybridized carbons (Fsp3) is 0.296. The van der Waals surface area contributed by atoms with Gasteiger partial charge in [0.2, 0.25) is 0 Å². The van der Waals surface area contributed by atoms with Crippen molar-refractivity contribution < 1.29 is 28.6 Å². The van der Waals surface area contributed by atoms with Gasteiger partial charge in [-0.15, -0.1) is 0 Å². The van der Waals surface area contributed by atoms with E-state index < -0.39 is 5.97 Å². The van der Waals surface area contributed by atoms with Gasteiger partial charge in [-0.3, -0.25) is 14.4 Å². The van der Waals surface area contributed by atoms with Crippen molar-refractivity contribution in [2.75, 3.05) is 13.1 Å². The van der Waals surface area contributed by atoms with Gasteiger partial charge in [0.15, 0.2) is 0 Å². The summed E-state index contributed by atoms with van der Waals surface area (Å²) in [7, 11) is 0. The number of benzene rings is 3. The molecule has 2 amide bonds. The van der Waals surface area contributed by atoms with Crippen molar-refractivity contribution in [3.8, 4) is 5.75 Å². The zero-order valence-electron chi connectivity index (χ0n) is 19.1. The first-order valence-corrected chi connectivity index (χ1v) is 11.6. The van der Waals surface area contributed by atoms with Crippen LogP contribution in [-0.2, 0) is 4.79 Å². The van der Waals surface area contributed by atoms with Gasteiger partial charge in [0.25, 0.3) is 11.8 Å². The number of carbonyl (C=O) groups is 3. The molecule has 7 nitrogen and oxygen atoms in total. The molecule has 0 saturated heterocycles. The van der Waals surface area contributed by atoms with Gasteiger partial charge < -0.3 is 20.5 Å². The highest BCUT2D eigenvalue weighted by Gasteiger charge is 2.26. The number of hydrogen-bond acceptors (Lipinski definition) is 4. The third-order valence-corrected chi connectivity index (χ3v) is 6.20. The zero-order chi connectivity index (χ0) is 24.8. The molecule has 0 bridgehead atoms. The molecular weight excluding hydrogens is 451 g/mol. The summed E-state index contributed by atoms with van der Waals surface area (Å²) in [6.45, 7) is 0.515. The van der Waals surface area contributed by atoms with Crippen LogP contribution in [0.2, 0.25) is 0 Å². The molecule has 182 valence electrons. The van der Waals surface area contributed by atoms with Crippen LogP contribution in [0.4, 0.5) is 4.39 Å². The van der Waals surface area contributed by atoms with Gasteiger partial charge in [0.05, 0.1) is 12.0 Å². The average molecular weight is 479 g/mol. The first kappa shape index (κ1) is 24.2. The lowest BCUT2D eigenvalue weighted by atomic mass is 9.87. The molecule has 1 saturated carbocycles. The quantitative estimate of drug-likeness (QED) is 0.422. The molecule has 4 rings (SSSR count). The second-order valence-electron chi connectivity index (χ2n) is 8.67. The Morgan fingerprint density at radius 2 is 1.37 bits per heavy atom. The minimum atomic E-state index is -0.745. The Morgan fingerprint density at radius 1 is 0.800 bits per heavy atom. The van der Waals surface area contributed by atoms with Crippen molar-refractivity contribution in [3.63, 3.8) is 0 Å². The molecule has 3 aromatic rings. The lowest BCUT2D eigenvalue weighted by molar-refractivity contribution is -0.143. The number of hydrogen-bond donors (Lipinski definition) is 3. The Labute approximate surface area is 202 Å². The third kappa shape index (κ3) is 6.35. The number of halogens is 1. The summed E-state index contributed by atoms with van der Waals surface area (Å²) in [6, 6.07) is 16.2. The van der Waals surface area contributed by atoms with E-state index in [2.05, 4.69) is 10.6 Å². The molecule has 0 heterocycles. The zero-order valence-corrected chi connectivity index (χ0v) is 19.1. The van der Waals surface area contributed by atoms with Crippen LogP contribution in [0.25, 0.3) is 10.8 Å². The third-order valence-electron chi connectivity index (χ3n) is 6.20. The Morgan fingerprint density at radius 3 is 2.03 bits per heavy atom. The molecule has 35 heavy (non-hydrogen) atoms. The molecule has 0 radical (unpaired) electrons. The van der Waals surface area contributed by atoms with E-state index in [1.807, 2.05) is 0 Å². The van der Waals surface area contributed by atoms with Crippen LogP contribution in [0.5, 0.6) is 5.75 Å². The van der Waals surface area contributed by atoms with Crippen LogP contribution >= 0.6 is 0 Å². The van der Waals surface area contributed by atoms with Crippen LogP contribution in [0.15, 0.2) is 60.7 Å². The Hall–Kier alpha value is -3.94. The second kappa shape index (κ2) is 11.0. The molecule has 3 aromatic carbocycles. The summed E-state index contributed by atoms with van der Waals surface area (Å²) in [5.74, 6) is -1.25. The molecule has 0 atom stereocenters. The number of carboxylic acid groups (broad SMARTS) is 1. The number of fused-ring (bicyclic) bond motifs is 1. The first-order valence-electron chi connectivity index (χ1n) is 11.6. The van der Waals surface area contributed by atoms with Crippen molar-refractivity contribution in [1.29, 1.82) is 0 Å². The number of carboxylic acids is 1. The standard InChI is InChI=1S/C27H27FN2O5/c28-22-8-3-19-15-21(2-1-20(19)16-22)26(32)30-14-13-29-25(31)17-4-9-23(10-5-17)35-24-11-6-18(7-12-24)27(33)34/h1-5,8-10,15-16,18,24H,6-7,11-14H2,(H,29,31)(H,30,32)(H,33,34)/t18-,24+. The maximum Gasteiger partial charge on any atom is 0.306 e. The average Bonchev–Trinajstić information content (AvgIpc) is 2.86. The van der Waals surface area contributed by atoms with E-state index in [0.717, 1.165) is 10.8 Å². The number of aliphatic carboxylic acids is 1. The maximum absolute atomic E-state index is 13.3. The number of nitrogens with one attached hydrogen (secondary N) is 2.